The average Bonchev–Trinajstić information content (AvgIpc) is 3.18. The Bertz CT molecular complexity index is 1030. The third kappa shape index (κ3) is 4.18. The largest absolute Gasteiger partial charge is 0.484 e. The molecule has 0 bridgehead atoms. The van der Waals surface area contributed by atoms with E-state index in [4.69, 9.17) is 9.15 Å². The Morgan fingerprint density at radius 1 is 1.06 bits per heavy atom. The normalized spacial score (nSPS) is 26.2. The van der Waals surface area contributed by atoms with Gasteiger partial charge in [0.1, 0.15) is 0 Å². The molecule has 6 rings (SSSR count). The summed E-state index contributed by atoms with van der Waals surface area (Å²) < 4.78 is 40.9. The molecule has 2 aliphatic carbocycles. The highest BCUT2D eigenvalue weighted by Gasteiger charge is 2.47. The summed E-state index contributed by atoms with van der Waals surface area (Å²) in [6, 6.07) is 2.63. The lowest BCUT2D eigenvalue weighted by Gasteiger charge is -2.29. The number of anilines is 2. The molecule has 1 amide bonds. The number of carbonyl (C=O) groups excluding carboxylic acids is 1. The van der Waals surface area contributed by atoms with Crippen LogP contribution in [0.3, 0.4) is 0 Å². The molecule has 1 aromatic heterocycles. The molecule has 2 unspecified atom stereocenters. The van der Waals surface area contributed by atoms with Gasteiger partial charge in [-0.2, -0.15) is 4.98 Å². The van der Waals surface area contributed by atoms with Crippen molar-refractivity contribution in [2.45, 2.75) is 51.2 Å². The van der Waals surface area contributed by atoms with Gasteiger partial charge in [0.05, 0.1) is 12.6 Å². The molecule has 7 nitrogen and oxygen atoms in total. The fourth-order valence-corrected chi connectivity index (χ4v) is 5.27. The number of rotatable bonds is 7. The summed E-state index contributed by atoms with van der Waals surface area (Å²) in [5.41, 5.74) is 0.187. The predicted molar refractivity (Wildman–Crippen MR) is 117 cm³/mol. The number of benzene rings is 1. The van der Waals surface area contributed by atoms with Gasteiger partial charge in [-0.1, -0.05) is 0 Å². The third-order valence-corrected chi connectivity index (χ3v) is 7.33. The average molecular weight is 459 g/mol. The van der Waals surface area contributed by atoms with E-state index < -0.39 is 17.5 Å². The number of aromatic nitrogens is 1. The second-order valence-electron chi connectivity index (χ2n) is 9.78. The molecule has 1 aromatic carbocycles. The minimum Gasteiger partial charge on any atom is -0.484 e. The maximum absolute atomic E-state index is 14.7. The molecule has 2 aliphatic heterocycles. The Balaban J connectivity index is 1.19. The summed E-state index contributed by atoms with van der Waals surface area (Å²) in [6.07, 6.45) is 6.00. The zero-order chi connectivity index (χ0) is 22.5. The molecule has 2 saturated heterocycles. The van der Waals surface area contributed by atoms with Gasteiger partial charge in [-0.05, 0) is 63.5 Å². The van der Waals surface area contributed by atoms with Crippen molar-refractivity contribution in [3.05, 3.63) is 35.2 Å². The predicted octanol–water partition coefficient (Wildman–Crippen LogP) is 4.19. The van der Waals surface area contributed by atoms with Crippen molar-refractivity contribution in [1.29, 1.82) is 0 Å². The fourth-order valence-electron chi connectivity index (χ4n) is 5.27. The van der Waals surface area contributed by atoms with Gasteiger partial charge in [0.25, 0.3) is 11.9 Å². The van der Waals surface area contributed by atoms with Gasteiger partial charge in [0, 0.05) is 30.9 Å². The van der Waals surface area contributed by atoms with Gasteiger partial charge < -0.3 is 19.4 Å². The zero-order valence-corrected chi connectivity index (χ0v) is 18.5. The maximum Gasteiger partial charge on any atom is 0.298 e. The van der Waals surface area contributed by atoms with Crippen molar-refractivity contribution in [2.75, 3.05) is 36.4 Å². The summed E-state index contributed by atoms with van der Waals surface area (Å²) in [5.74, 6) is -0.751. The first-order valence-corrected chi connectivity index (χ1v) is 12.0. The van der Waals surface area contributed by atoms with Crippen LogP contribution in [0.25, 0.3) is 0 Å². The van der Waals surface area contributed by atoms with Gasteiger partial charge in [-0.25, -0.2) is 8.78 Å². The molecule has 9 heteroatoms. The molecule has 33 heavy (non-hydrogen) atoms. The van der Waals surface area contributed by atoms with Gasteiger partial charge in [0.15, 0.2) is 28.8 Å². The van der Waals surface area contributed by atoms with Crippen LogP contribution in [-0.4, -0.2) is 48.1 Å². The van der Waals surface area contributed by atoms with E-state index in [1.807, 2.05) is 4.90 Å². The number of hydrogen-bond acceptors (Lipinski definition) is 6. The number of carbonyl (C=O) groups is 1. The van der Waals surface area contributed by atoms with Crippen LogP contribution < -0.4 is 15.0 Å². The van der Waals surface area contributed by atoms with Crippen LogP contribution >= 0.6 is 0 Å². The Morgan fingerprint density at radius 3 is 2.39 bits per heavy atom. The SMILES string of the molecule is O=C(Nc1cc(F)c(OC2CC3CC3C2)c(F)c1)c1nc(N2CCCC2)oc1CN1CCC1. The van der Waals surface area contributed by atoms with Crippen LogP contribution in [0.5, 0.6) is 5.75 Å². The highest BCUT2D eigenvalue weighted by atomic mass is 19.1. The Kier molecular flexibility index (Phi) is 5.24. The first-order chi connectivity index (χ1) is 16.0. The molecular weight excluding hydrogens is 430 g/mol. The van der Waals surface area contributed by atoms with Gasteiger partial charge in [0.2, 0.25) is 0 Å². The molecule has 4 fully saturated rings. The van der Waals surface area contributed by atoms with Crippen LogP contribution in [0, 0.1) is 23.5 Å². The lowest BCUT2D eigenvalue weighted by Crippen LogP contribution is -2.36. The second kappa shape index (κ2) is 8.27. The second-order valence-corrected chi connectivity index (χ2v) is 9.78. The highest BCUT2D eigenvalue weighted by Crippen LogP contribution is 2.52. The third-order valence-electron chi connectivity index (χ3n) is 7.33. The number of halogens is 2. The van der Waals surface area contributed by atoms with E-state index in [9.17, 15) is 13.6 Å². The standard InChI is InChI=1S/C24H28F2N4O3/c25-18-11-16(12-19(26)22(18)32-17-9-14-8-15(14)10-17)27-23(31)21-20(13-29-4-3-5-29)33-24(28-21)30-6-1-2-7-30/h11-12,14-15,17H,1-10,13H2,(H,27,31). The number of nitrogens with zero attached hydrogens (tertiary/aromatic N) is 3. The number of amides is 1. The highest BCUT2D eigenvalue weighted by molar-refractivity contribution is 6.03. The number of fused-ring (bicyclic) bond motifs is 1. The molecule has 176 valence electrons. The number of ether oxygens (including phenoxy) is 1. The van der Waals surface area contributed by atoms with E-state index in [2.05, 4.69) is 15.2 Å². The van der Waals surface area contributed by atoms with Crippen molar-refractivity contribution < 1.29 is 22.7 Å². The van der Waals surface area contributed by atoms with Crippen molar-refractivity contribution >= 4 is 17.6 Å². The smallest absolute Gasteiger partial charge is 0.298 e. The molecule has 0 spiro atoms. The van der Waals surface area contributed by atoms with E-state index in [-0.39, 0.29) is 23.2 Å². The van der Waals surface area contributed by atoms with Crippen LogP contribution in [0.1, 0.15) is 54.8 Å². The van der Waals surface area contributed by atoms with Crippen molar-refractivity contribution in [3.8, 4) is 5.75 Å². The first-order valence-electron chi connectivity index (χ1n) is 12.0. The van der Waals surface area contributed by atoms with Crippen LogP contribution in [0.15, 0.2) is 16.5 Å². The summed E-state index contributed by atoms with van der Waals surface area (Å²) in [6.45, 7) is 4.06. The fraction of sp³-hybridized carbons (Fsp3) is 0.583. The van der Waals surface area contributed by atoms with Gasteiger partial charge >= 0.3 is 0 Å². The minimum absolute atomic E-state index is 0.0252. The van der Waals surface area contributed by atoms with E-state index in [0.717, 1.165) is 70.4 Å². The van der Waals surface area contributed by atoms with Crippen molar-refractivity contribution in [1.82, 2.24) is 9.88 Å². The molecule has 3 heterocycles. The monoisotopic (exact) mass is 458 g/mol. The molecular formula is C24H28F2N4O3. The van der Waals surface area contributed by atoms with Crippen molar-refractivity contribution in [3.63, 3.8) is 0 Å². The zero-order valence-electron chi connectivity index (χ0n) is 18.5. The summed E-state index contributed by atoms with van der Waals surface area (Å²) in [4.78, 5) is 21.7. The summed E-state index contributed by atoms with van der Waals surface area (Å²) >= 11 is 0. The number of oxazole rings is 1. The van der Waals surface area contributed by atoms with Crippen LogP contribution in [0.4, 0.5) is 20.5 Å². The van der Waals surface area contributed by atoms with E-state index in [0.29, 0.717) is 30.2 Å². The first kappa shape index (κ1) is 20.9. The topological polar surface area (TPSA) is 70.8 Å². The molecule has 4 aliphatic rings. The van der Waals surface area contributed by atoms with Gasteiger partial charge in [-0.3, -0.25) is 9.69 Å². The summed E-state index contributed by atoms with van der Waals surface area (Å²) in [7, 11) is 0. The quantitative estimate of drug-likeness (QED) is 0.671. The maximum atomic E-state index is 14.7. The Labute approximate surface area is 191 Å². The number of likely N-dealkylation sites (tertiary alicyclic amines) is 1. The Morgan fingerprint density at radius 2 is 1.76 bits per heavy atom. The van der Waals surface area contributed by atoms with E-state index >= 15 is 0 Å². The van der Waals surface area contributed by atoms with Crippen LogP contribution in [-0.2, 0) is 6.54 Å². The lowest BCUT2D eigenvalue weighted by atomic mass is 10.2. The van der Waals surface area contributed by atoms with E-state index in [1.165, 1.54) is 6.42 Å². The van der Waals surface area contributed by atoms with Crippen molar-refractivity contribution in [2.24, 2.45) is 11.8 Å². The van der Waals surface area contributed by atoms with E-state index in [1.54, 1.807) is 0 Å². The molecule has 1 N–H and O–H groups in total. The number of nitrogens with one attached hydrogen (secondary N) is 1. The molecule has 2 atom stereocenters. The van der Waals surface area contributed by atoms with Gasteiger partial charge in [-0.15, -0.1) is 0 Å². The molecule has 0 radical (unpaired) electrons. The Hall–Kier alpha value is -2.68. The molecule has 2 aromatic rings. The number of hydrogen-bond donors (Lipinski definition) is 1. The molecule has 2 saturated carbocycles. The summed E-state index contributed by atoms with van der Waals surface area (Å²) in [5, 5.41) is 2.59. The van der Waals surface area contributed by atoms with Crippen LogP contribution in [0.2, 0.25) is 0 Å². The lowest BCUT2D eigenvalue weighted by molar-refractivity contribution is 0.101. The minimum atomic E-state index is -0.815.